The summed E-state index contributed by atoms with van der Waals surface area (Å²) in [6, 6.07) is 24.7. The number of carbonyl (C=O) groups is 1. The Balaban J connectivity index is 0.000000221. The molecule has 218 valence electrons. The zero-order valence-corrected chi connectivity index (χ0v) is 25.8. The van der Waals surface area contributed by atoms with E-state index in [-0.39, 0.29) is 17.1 Å². The van der Waals surface area contributed by atoms with Gasteiger partial charge in [0.1, 0.15) is 5.82 Å². The number of methoxy groups -OCH3 is 1. The number of benzene rings is 3. The van der Waals surface area contributed by atoms with Crippen molar-refractivity contribution >= 4 is 33.6 Å². The molecule has 0 spiro atoms. The van der Waals surface area contributed by atoms with Gasteiger partial charge in [-0.3, -0.25) is 4.79 Å². The van der Waals surface area contributed by atoms with Crippen molar-refractivity contribution in [2.24, 2.45) is 5.73 Å². The first kappa shape index (κ1) is 32.8. The van der Waals surface area contributed by atoms with Crippen molar-refractivity contribution < 1.29 is 23.4 Å². The summed E-state index contributed by atoms with van der Waals surface area (Å²) in [5, 5.41) is 9.36. The first-order chi connectivity index (χ1) is 19.8. The topological polar surface area (TPSA) is 94.6 Å². The molecule has 2 aliphatic heterocycles. The van der Waals surface area contributed by atoms with Gasteiger partial charge in [-0.15, -0.1) is 0 Å². The fraction of sp³-hybridized carbons (Fsp3) is 0.375. The van der Waals surface area contributed by atoms with Crippen LogP contribution in [0.25, 0.3) is 0 Å². The second-order valence-electron chi connectivity index (χ2n) is 9.87. The summed E-state index contributed by atoms with van der Waals surface area (Å²) in [6.07, 6.45) is 2.79. The number of nitrogens with two attached hydrogens (primary N) is 1. The minimum atomic E-state index is -0.655. The number of halogens is 2. The molecule has 9 heteroatoms. The lowest BCUT2D eigenvalue weighted by molar-refractivity contribution is -0.127. The van der Waals surface area contributed by atoms with Crippen molar-refractivity contribution in [2.45, 2.75) is 46.3 Å². The lowest BCUT2D eigenvalue weighted by atomic mass is 9.73. The molecule has 0 unspecified atom stereocenters. The Morgan fingerprint density at radius 2 is 1.46 bits per heavy atom. The predicted molar refractivity (Wildman–Crippen MR) is 162 cm³/mol. The lowest BCUT2D eigenvalue weighted by Crippen LogP contribution is -2.45. The minimum absolute atomic E-state index is 0.252. The van der Waals surface area contributed by atoms with Gasteiger partial charge in [0.05, 0.1) is 16.9 Å². The van der Waals surface area contributed by atoms with E-state index >= 15 is 0 Å². The molecule has 5 rings (SSSR count). The molecule has 0 saturated carbocycles. The number of nitriles is 1. The van der Waals surface area contributed by atoms with E-state index in [9.17, 15) is 14.4 Å². The van der Waals surface area contributed by atoms with Gasteiger partial charge in [-0.2, -0.15) is 5.26 Å². The van der Waals surface area contributed by atoms with Crippen LogP contribution in [0.2, 0.25) is 0 Å². The number of amides is 1. The summed E-state index contributed by atoms with van der Waals surface area (Å²) in [5.74, 6) is -0.553. The fourth-order valence-electron chi connectivity index (χ4n) is 4.86. The third-order valence-electron chi connectivity index (χ3n) is 7.19. The monoisotopic (exact) mass is 642 g/mol. The highest BCUT2D eigenvalue weighted by Crippen LogP contribution is 2.38. The molecule has 2 aliphatic rings. The molecular formula is C32H36BrFN2O4S. The Labute approximate surface area is 254 Å². The zero-order valence-electron chi connectivity index (χ0n) is 23.4. The minimum Gasteiger partial charge on any atom is -0.388 e. The summed E-state index contributed by atoms with van der Waals surface area (Å²) in [7, 11) is 3.25. The van der Waals surface area contributed by atoms with Gasteiger partial charge in [-0.25, -0.2) is 4.39 Å². The van der Waals surface area contributed by atoms with Crippen molar-refractivity contribution in [2.75, 3.05) is 40.6 Å². The molecule has 3 aromatic rings. The largest absolute Gasteiger partial charge is 0.388 e. The number of nitrogens with zero attached hydrogens (tertiary/aromatic N) is 1. The number of rotatable bonds is 5. The Morgan fingerprint density at radius 3 is 2.02 bits per heavy atom. The van der Waals surface area contributed by atoms with E-state index < -0.39 is 5.41 Å². The SMILES string of the molecule is COC.N#CC1(c2cccc(Br)c2)CCOCC1.NC(=O)C1(c2cccc(Sc3ccc(F)cc3)c2)CCOCC1. The molecule has 0 bridgehead atoms. The maximum atomic E-state index is 13.0. The standard InChI is InChI=1S/C18H18FNO2S.C12H12BrNO.C2H6O/c19-14-4-6-15(7-5-14)23-16-3-1-2-13(12-16)18(17(20)21)8-10-22-11-9-18;13-11-3-1-2-10(8-11)12(9-14)4-6-15-7-5-12;1-3-2/h1-7,12H,8-11H2,(H2,20,21);1-3,8H,4-7H2;1-2H3. The molecule has 0 radical (unpaired) electrons. The van der Waals surface area contributed by atoms with E-state index in [1.165, 1.54) is 23.9 Å². The average molecular weight is 644 g/mol. The maximum Gasteiger partial charge on any atom is 0.228 e. The van der Waals surface area contributed by atoms with Gasteiger partial charge in [0.25, 0.3) is 0 Å². The fourth-order valence-corrected chi connectivity index (χ4v) is 6.14. The van der Waals surface area contributed by atoms with Crippen LogP contribution in [-0.2, 0) is 29.8 Å². The Morgan fingerprint density at radius 1 is 0.902 bits per heavy atom. The summed E-state index contributed by atoms with van der Waals surface area (Å²) in [5.41, 5.74) is 6.74. The van der Waals surface area contributed by atoms with Crippen LogP contribution in [0.3, 0.4) is 0 Å². The molecule has 1 amide bonds. The van der Waals surface area contributed by atoms with Crippen molar-refractivity contribution in [3.05, 3.63) is 94.2 Å². The lowest BCUT2D eigenvalue weighted by Gasteiger charge is -2.34. The van der Waals surface area contributed by atoms with E-state index in [0.717, 1.165) is 38.2 Å². The highest BCUT2D eigenvalue weighted by Gasteiger charge is 2.40. The van der Waals surface area contributed by atoms with Crippen LogP contribution in [0.15, 0.2) is 87.1 Å². The summed E-state index contributed by atoms with van der Waals surface area (Å²) in [4.78, 5) is 14.1. The average Bonchev–Trinajstić information content (AvgIpc) is 3.00. The first-order valence-corrected chi connectivity index (χ1v) is 15.0. The summed E-state index contributed by atoms with van der Waals surface area (Å²) < 4.78 is 29.0. The smallest absolute Gasteiger partial charge is 0.228 e. The van der Waals surface area contributed by atoms with Crippen molar-refractivity contribution in [1.29, 1.82) is 5.26 Å². The van der Waals surface area contributed by atoms with E-state index in [2.05, 4.69) is 26.7 Å². The van der Waals surface area contributed by atoms with Gasteiger partial charge in [0.15, 0.2) is 0 Å². The number of ether oxygens (including phenoxy) is 3. The molecule has 2 saturated heterocycles. The quantitative estimate of drug-likeness (QED) is 0.329. The number of hydrogen-bond donors (Lipinski definition) is 1. The van der Waals surface area contributed by atoms with Gasteiger partial charge < -0.3 is 19.9 Å². The molecule has 41 heavy (non-hydrogen) atoms. The zero-order chi connectivity index (χ0) is 29.7. The second-order valence-corrected chi connectivity index (χ2v) is 11.9. The van der Waals surface area contributed by atoms with E-state index in [1.807, 2.05) is 48.5 Å². The van der Waals surface area contributed by atoms with Crippen molar-refractivity contribution in [3.8, 4) is 6.07 Å². The third-order valence-corrected chi connectivity index (χ3v) is 8.68. The Bertz CT molecular complexity index is 1300. The molecule has 0 aromatic heterocycles. The van der Waals surface area contributed by atoms with E-state index in [1.54, 1.807) is 26.4 Å². The first-order valence-electron chi connectivity index (χ1n) is 13.4. The molecule has 6 nitrogen and oxygen atoms in total. The Kier molecular flexibility index (Phi) is 12.8. The number of primary amides is 1. The normalized spacial score (nSPS) is 17.0. The number of carbonyl (C=O) groups excluding carboxylic acids is 1. The summed E-state index contributed by atoms with van der Waals surface area (Å²) >= 11 is 4.98. The van der Waals surface area contributed by atoms with E-state index in [0.29, 0.717) is 39.3 Å². The van der Waals surface area contributed by atoms with Crippen LogP contribution in [0, 0.1) is 17.1 Å². The highest BCUT2D eigenvalue weighted by molar-refractivity contribution is 9.10. The molecule has 2 fully saturated rings. The molecule has 0 atom stereocenters. The Hall–Kier alpha value is -2.74. The van der Waals surface area contributed by atoms with Crippen LogP contribution in [0.4, 0.5) is 4.39 Å². The highest BCUT2D eigenvalue weighted by atomic mass is 79.9. The third kappa shape index (κ3) is 8.87. The van der Waals surface area contributed by atoms with E-state index in [4.69, 9.17) is 15.2 Å². The van der Waals surface area contributed by atoms with Crippen LogP contribution in [0.5, 0.6) is 0 Å². The van der Waals surface area contributed by atoms with Crippen molar-refractivity contribution in [1.82, 2.24) is 0 Å². The van der Waals surface area contributed by atoms with Gasteiger partial charge in [-0.1, -0.05) is 52.0 Å². The van der Waals surface area contributed by atoms with Gasteiger partial charge >= 0.3 is 0 Å². The van der Waals surface area contributed by atoms with Crippen LogP contribution < -0.4 is 5.73 Å². The number of hydrogen-bond acceptors (Lipinski definition) is 6. The maximum absolute atomic E-state index is 13.0. The summed E-state index contributed by atoms with van der Waals surface area (Å²) in [6.45, 7) is 2.44. The van der Waals surface area contributed by atoms with Gasteiger partial charge in [0, 0.05) is 54.9 Å². The predicted octanol–water partition coefficient (Wildman–Crippen LogP) is 6.79. The van der Waals surface area contributed by atoms with Crippen LogP contribution in [-0.4, -0.2) is 46.6 Å². The molecule has 3 aromatic carbocycles. The molecule has 0 aliphatic carbocycles. The molecule has 2 heterocycles. The van der Waals surface area contributed by atoms with Gasteiger partial charge in [0.2, 0.25) is 5.91 Å². The molecular weight excluding hydrogens is 607 g/mol. The van der Waals surface area contributed by atoms with Gasteiger partial charge in [-0.05, 0) is 85.3 Å². The second kappa shape index (κ2) is 16.0. The molecule has 2 N–H and O–H groups in total. The van der Waals surface area contributed by atoms with Crippen LogP contribution in [0.1, 0.15) is 36.8 Å². The van der Waals surface area contributed by atoms with Crippen LogP contribution >= 0.6 is 27.7 Å². The van der Waals surface area contributed by atoms with Crippen molar-refractivity contribution in [3.63, 3.8) is 0 Å².